The Morgan fingerprint density at radius 1 is 1.11 bits per heavy atom. The van der Waals surface area contributed by atoms with Crippen LogP contribution in [0.15, 0.2) is 54.6 Å². The Kier molecular flexibility index (Phi) is 8.17. The largest absolute Gasteiger partial charge is 0.437 e. The van der Waals surface area contributed by atoms with E-state index in [1.54, 1.807) is 0 Å². The first kappa shape index (κ1) is 25.7. The van der Waals surface area contributed by atoms with Crippen LogP contribution in [0.4, 0.5) is 0 Å². The third-order valence-electron chi connectivity index (χ3n) is 5.95. The zero-order chi connectivity index (χ0) is 25.0. The van der Waals surface area contributed by atoms with Gasteiger partial charge >= 0.3 is 0 Å². The molecule has 1 aliphatic carbocycles. The second-order valence-corrected chi connectivity index (χ2v) is 10.8. The van der Waals surface area contributed by atoms with Gasteiger partial charge in [0.25, 0.3) is 0 Å². The second-order valence-electron chi connectivity index (χ2n) is 10.4. The van der Waals surface area contributed by atoms with Crippen LogP contribution in [0.3, 0.4) is 0 Å². The first-order valence-electron chi connectivity index (χ1n) is 12.3. The third kappa shape index (κ3) is 7.31. The van der Waals surface area contributed by atoms with Gasteiger partial charge in [0.1, 0.15) is 5.75 Å². The summed E-state index contributed by atoms with van der Waals surface area (Å²) in [6.45, 7) is 10.4. The molecule has 1 heterocycles. The summed E-state index contributed by atoms with van der Waals surface area (Å²) in [6, 6.07) is 17.4. The smallest absolute Gasteiger partial charge is 0.227 e. The van der Waals surface area contributed by atoms with Crippen LogP contribution in [0.25, 0.3) is 5.69 Å². The van der Waals surface area contributed by atoms with E-state index in [9.17, 15) is 5.11 Å². The zero-order valence-electron chi connectivity index (χ0n) is 21.1. The van der Waals surface area contributed by atoms with Gasteiger partial charge in [-0.3, -0.25) is 4.90 Å². The average Bonchev–Trinajstić information content (AvgIpc) is 3.58. The molecule has 6 nitrogen and oxygen atoms in total. The number of aryl methyl sites for hydroxylation is 1. The van der Waals surface area contributed by atoms with Gasteiger partial charge in [0.05, 0.1) is 40.3 Å². The summed E-state index contributed by atoms with van der Waals surface area (Å²) in [6.07, 6.45) is 1.89. The Morgan fingerprint density at radius 2 is 1.80 bits per heavy atom. The Labute approximate surface area is 213 Å². The lowest BCUT2D eigenvalue weighted by molar-refractivity contribution is -0.0569. The molecule has 0 amide bonds. The fourth-order valence-electron chi connectivity index (χ4n) is 3.99. The molecule has 0 saturated heterocycles. The van der Waals surface area contributed by atoms with E-state index in [0.717, 1.165) is 23.5 Å². The number of para-hydroxylation sites is 2. The number of hydrogen-bond acceptors (Lipinski definition) is 5. The molecule has 0 radical (unpaired) electrons. The minimum absolute atomic E-state index is 0.286. The third-order valence-corrected chi connectivity index (χ3v) is 6.27. The lowest BCUT2D eigenvalue weighted by Gasteiger charge is -2.27. The number of ether oxygens (including phenoxy) is 2. The van der Waals surface area contributed by atoms with E-state index in [-0.39, 0.29) is 5.60 Å². The van der Waals surface area contributed by atoms with Crippen molar-refractivity contribution >= 4 is 11.6 Å². The fourth-order valence-corrected chi connectivity index (χ4v) is 4.17. The van der Waals surface area contributed by atoms with Crippen molar-refractivity contribution < 1.29 is 14.6 Å². The van der Waals surface area contributed by atoms with Gasteiger partial charge in [-0.15, -0.1) is 0 Å². The number of hydrogen-bond donors (Lipinski definition) is 1. The lowest BCUT2D eigenvalue weighted by Crippen LogP contribution is -2.37. The minimum Gasteiger partial charge on any atom is -0.437 e. The van der Waals surface area contributed by atoms with Crippen molar-refractivity contribution in [1.29, 1.82) is 0 Å². The first-order valence-corrected chi connectivity index (χ1v) is 12.7. The quantitative estimate of drug-likeness (QED) is 0.351. The highest BCUT2D eigenvalue weighted by Gasteiger charge is 2.28. The normalized spacial score (nSPS) is 14.9. The topological polar surface area (TPSA) is 59.8 Å². The molecular formula is C28H36ClN3O3. The van der Waals surface area contributed by atoms with Crippen molar-refractivity contribution in [2.75, 3.05) is 19.7 Å². The summed E-state index contributed by atoms with van der Waals surface area (Å²) in [7, 11) is 0. The van der Waals surface area contributed by atoms with E-state index < -0.39 is 6.10 Å². The number of aliphatic hydroxyl groups excluding tert-OH is 1. The predicted octanol–water partition coefficient (Wildman–Crippen LogP) is 6.01. The van der Waals surface area contributed by atoms with Gasteiger partial charge in [-0.1, -0.05) is 41.9 Å². The van der Waals surface area contributed by atoms with Gasteiger partial charge in [-0.25, -0.2) is 4.68 Å². The number of halogens is 1. The van der Waals surface area contributed by atoms with Gasteiger partial charge in [-0.05, 0) is 70.7 Å². The molecule has 1 fully saturated rings. The van der Waals surface area contributed by atoms with Crippen molar-refractivity contribution in [3.8, 4) is 17.3 Å². The van der Waals surface area contributed by atoms with Gasteiger partial charge in [0, 0.05) is 19.6 Å². The van der Waals surface area contributed by atoms with Crippen molar-refractivity contribution in [1.82, 2.24) is 14.7 Å². The van der Waals surface area contributed by atoms with E-state index in [0.29, 0.717) is 42.3 Å². The molecule has 4 rings (SSSR count). The van der Waals surface area contributed by atoms with Gasteiger partial charge in [0.2, 0.25) is 5.88 Å². The summed E-state index contributed by atoms with van der Waals surface area (Å²) >= 11 is 6.44. The summed E-state index contributed by atoms with van der Waals surface area (Å²) in [5.74, 6) is 1.89. The van der Waals surface area contributed by atoms with Crippen LogP contribution in [-0.4, -0.2) is 51.2 Å². The highest BCUT2D eigenvalue weighted by Crippen LogP contribution is 2.36. The fraction of sp³-hybridized carbons (Fsp3) is 0.464. The van der Waals surface area contributed by atoms with Crippen LogP contribution in [-0.2, 0) is 11.3 Å². The molecular weight excluding hydrogens is 462 g/mol. The molecule has 0 spiro atoms. The molecule has 0 unspecified atom stereocenters. The van der Waals surface area contributed by atoms with Crippen molar-refractivity contribution in [2.45, 2.75) is 58.8 Å². The monoisotopic (exact) mass is 497 g/mol. The number of benzene rings is 2. The molecule has 7 heteroatoms. The predicted molar refractivity (Wildman–Crippen MR) is 140 cm³/mol. The highest BCUT2D eigenvalue weighted by molar-refractivity contribution is 6.32. The number of aliphatic hydroxyl groups is 1. The maximum atomic E-state index is 10.8. The minimum atomic E-state index is -0.578. The number of rotatable bonds is 11. The van der Waals surface area contributed by atoms with Crippen LogP contribution >= 0.6 is 11.6 Å². The lowest BCUT2D eigenvalue weighted by atomic mass is 10.2. The van der Waals surface area contributed by atoms with Crippen molar-refractivity contribution in [3.05, 3.63) is 70.9 Å². The van der Waals surface area contributed by atoms with E-state index >= 15 is 0 Å². The van der Waals surface area contributed by atoms with Crippen molar-refractivity contribution in [2.24, 2.45) is 5.92 Å². The number of aromatic nitrogens is 2. The van der Waals surface area contributed by atoms with Gasteiger partial charge in [0.15, 0.2) is 0 Å². The Balaban J connectivity index is 1.63. The summed E-state index contributed by atoms with van der Waals surface area (Å²) < 4.78 is 14.1. The Hall–Kier alpha value is -2.38. The van der Waals surface area contributed by atoms with Crippen LogP contribution in [0.5, 0.6) is 11.6 Å². The van der Waals surface area contributed by atoms with Crippen LogP contribution in [0.1, 0.15) is 44.9 Å². The summed E-state index contributed by atoms with van der Waals surface area (Å²) in [4.78, 5) is 2.30. The second kappa shape index (κ2) is 11.1. The van der Waals surface area contributed by atoms with E-state index in [2.05, 4.69) is 4.90 Å². The highest BCUT2D eigenvalue weighted by atomic mass is 35.5. The molecule has 1 saturated carbocycles. The van der Waals surface area contributed by atoms with E-state index in [4.69, 9.17) is 26.2 Å². The van der Waals surface area contributed by atoms with Gasteiger partial charge in [-0.2, -0.15) is 5.10 Å². The van der Waals surface area contributed by atoms with E-state index in [1.165, 1.54) is 12.8 Å². The molecule has 1 aromatic heterocycles. The molecule has 0 bridgehead atoms. The molecule has 2 aromatic carbocycles. The van der Waals surface area contributed by atoms with Crippen LogP contribution in [0.2, 0.25) is 5.02 Å². The van der Waals surface area contributed by atoms with E-state index in [1.807, 2.05) is 87.0 Å². The molecule has 0 aliphatic heterocycles. The molecule has 3 aromatic rings. The molecule has 1 N–H and O–H groups in total. The van der Waals surface area contributed by atoms with Crippen molar-refractivity contribution in [3.63, 3.8) is 0 Å². The molecule has 1 aliphatic rings. The SMILES string of the molecule is Cc1nn(-c2ccccc2)c(Oc2ccccc2Cl)c1CN(CC1CC1)C[C@@H](O)COC(C)(C)C. The standard InChI is InChI=1S/C28H36ClN3O3/c1-20-24(18-31(16-21-14-15-21)17-23(33)19-34-28(2,3)4)27(35-26-13-9-8-12-25(26)29)32(30-20)22-10-6-5-7-11-22/h5-13,21,23,33H,14-19H2,1-4H3/t23-/m1/s1. The maximum Gasteiger partial charge on any atom is 0.227 e. The molecule has 188 valence electrons. The zero-order valence-corrected chi connectivity index (χ0v) is 21.8. The Bertz CT molecular complexity index is 1110. The maximum absolute atomic E-state index is 10.8. The molecule has 35 heavy (non-hydrogen) atoms. The summed E-state index contributed by atoms with van der Waals surface area (Å²) in [5.41, 5.74) is 2.50. The first-order chi connectivity index (χ1) is 16.7. The Morgan fingerprint density at radius 3 is 2.46 bits per heavy atom. The van der Waals surface area contributed by atoms with Gasteiger partial charge < -0.3 is 14.6 Å². The number of nitrogens with zero attached hydrogens (tertiary/aromatic N) is 3. The molecule has 1 atom stereocenters. The summed E-state index contributed by atoms with van der Waals surface area (Å²) in [5, 5.41) is 16.1. The van der Waals surface area contributed by atoms with Crippen LogP contribution in [0, 0.1) is 12.8 Å². The average molecular weight is 498 g/mol. The van der Waals surface area contributed by atoms with Crippen LogP contribution < -0.4 is 4.74 Å².